The number of hydrogen-bond donors (Lipinski definition) is 2. The molecular formula is C8H8ClN7. The summed E-state index contributed by atoms with van der Waals surface area (Å²) in [5.41, 5.74) is 6.18. The fourth-order valence-corrected chi connectivity index (χ4v) is 1.21. The van der Waals surface area contributed by atoms with Gasteiger partial charge in [0, 0.05) is 6.20 Å². The Hall–Kier alpha value is -2.02. The van der Waals surface area contributed by atoms with E-state index in [0.717, 1.165) is 5.69 Å². The molecular weight excluding hydrogens is 230 g/mol. The maximum atomic E-state index is 5.62. The molecule has 2 heterocycles. The van der Waals surface area contributed by atoms with Gasteiger partial charge in [0.1, 0.15) is 0 Å². The molecule has 2 rings (SSSR count). The van der Waals surface area contributed by atoms with Gasteiger partial charge in [-0.1, -0.05) is 0 Å². The molecule has 0 saturated heterocycles. The molecule has 0 aliphatic rings. The van der Waals surface area contributed by atoms with E-state index in [9.17, 15) is 0 Å². The van der Waals surface area contributed by atoms with E-state index in [1.807, 2.05) is 6.07 Å². The smallest absolute Gasteiger partial charge is 0.229 e. The second-order valence-corrected chi connectivity index (χ2v) is 3.19. The third-order valence-electron chi connectivity index (χ3n) is 1.68. The van der Waals surface area contributed by atoms with Gasteiger partial charge in [-0.05, 0) is 23.7 Å². The second kappa shape index (κ2) is 4.67. The molecule has 0 atom stereocenters. The van der Waals surface area contributed by atoms with E-state index in [0.29, 0.717) is 12.5 Å². The molecule has 0 aliphatic carbocycles. The van der Waals surface area contributed by atoms with Gasteiger partial charge >= 0.3 is 0 Å². The van der Waals surface area contributed by atoms with Gasteiger partial charge in [-0.3, -0.25) is 0 Å². The fourth-order valence-electron chi connectivity index (χ4n) is 1.04. The summed E-state index contributed by atoms with van der Waals surface area (Å²) in [7, 11) is 0. The molecule has 16 heavy (non-hydrogen) atoms. The van der Waals surface area contributed by atoms with E-state index in [4.69, 9.17) is 17.3 Å². The molecule has 0 fully saturated rings. The van der Waals surface area contributed by atoms with Crippen LogP contribution in [-0.2, 0) is 6.54 Å². The Morgan fingerprint density at radius 1 is 1.31 bits per heavy atom. The quantitative estimate of drug-likeness (QED) is 0.802. The summed E-state index contributed by atoms with van der Waals surface area (Å²) >= 11 is 5.62. The van der Waals surface area contributed by atoms with E-state index >= 15 is 0 Å². The van der Waals surface area contributed by atoms with Crippen molar-refractivity contribution in [2.24, 2.45) is 0 Å². The van der Waals surface area contributed by atoms with E-state index in [-0.39, 0.29) is 11.2 Å². The zero-order valence-corrected chi connectivity index (χ0v) is 8.89. The van der Waals surface area contributed by atoms with Gasteiger partial charge in [0.25, 0.3) is 0 Å². The molecule has 7 nitrogen and oxygen atoms in total. The van der Waals surface area contributed by atoms with Crippen LogP contribution in [0.25, 0.3) is 0 Å². The SMILES string of the molecule is Nc1nc(Cl)nc(NCc2cccnn2)n1. The van der Waals surface area contributed by atoms with Gasteiger partial charge in [-0.25, -0.2) is 0 Å². The van der Waals surface area contributed by atoms with Crippen molar-refractivity contribution in [3.63, 3.8) is 0 Å². The lowest BCUT2D eigenvalue weighted by atomic mass is 10.4. The highest BCUT2D eigenvalue weighted by Gasteiger charge is 2.02. The van der Waals surface area contributed by atoms with Crippen LogP contribution in [0.4, 0.5) is 11.9 Å². The van der Waals surface area contributed by atoms with E-state index in [1.165, 1.54) is 0 Å². The molecule has 2 aromatic rings. The molecule has 0 spiro atoms. The van der Waals surface area contributed by atoms with E-state index in [1.54, 1.807) is 12.3 Å². The molecule has 3 N–H and O–H groups in total. The first-order chi connectivity index (χ1) is 7.74. The van der Waals surface area contributed by atoms with E-state index < -0.39 is 0 Å². The molecule has 0 aromatic carbocycles. The first kappa shape index (κ1) is 10.5. The van der Waals surface area contributed by atoms with Crippen molar-refractivity contribution in [2.45, 2.75) is 6.54 Å². The van der Waals surface area contributed by atoms with Gasteiger partial charge < -0.3 is 11.1 Å². The fraction of sp³-hybridized carbons (Fsp3) is 0.125. The number of nitrogens with zero attached hydrogens (tertiary/aromatic N) is 5. The molecule has 2 aromatic heterocycles. The van der Waals surface area contributed by atoms with Crippen LogP contribution in [0.1, 0.15) is 5.69 Å². The molecule has 0 unspecified atom stereocenters. The van der Waals surface area contributed by atoms with Gasteiger partial charge in [-0.2, -0.15) is 25.1 Å². The molecule has 0 radical (unpaired) electrons. The predicted molar refractivity (Wildman–Crippen MR) is 58.6 cm³/mol. The van der Waals surface area contributed by atoms with Crippen molar-refractivity contribution >= 4 is 23.5 Å². The summed E-state index contributed by atoms with van der Waals surface area (Å²) < 4.78 is 0. The van der Waals surface area contributed by atoms with Gasteiger partial charge in [0.05, 0.1) is 12.2 Å². The first-order valence-electron chi connectivity index (χ1n) is 4.41. The Kier molecular flexibility index (Phi) is 3.06. The highest BCUT2D eigenvalue weighted by atomic mass is 35.5. The van der Waals surface area contributed by atoms with Crippen molar-refractivity contribution < 1.29 is 0 Å². The lowest BCUT2D eigenvalue weighted by Gasteiger charge is -2.03. The van der Waals surface area contributed by atoms with Crippen LogP contribution in [-0.4, -0.2) is 25.1 Å². The summed E-state index contributed by atoms with van der Waals surface area (Å²) in [6.45, 7) is 0.438. The third-order valence-corrected chi connectivity index (χ3v) is 1.85. The number of halogens is 1. The summed E-state index contributed by atoms with van der Waals surface area (Å²) in [6, 6.07) is 3.62. The maximum absolute atomic E-state index is 5.62. The van der Waals surface area contributed by atoms with Crippen LogP contribution >= 0.6 is 11.6 Å². The maximum Gasteiger partial charge on any atom is 0.229 e. The van der Waals surface area contributed by atoms with Crippen LogP contribution in [0, 0.1) is 0 Å². The number of nitrogens with two attached hydrogens (primary N) is 1. The lowest BCUT2D eigenvalue weighted by molar-refractivity contribution is 0.909. The number of anilines is 2. The Morgan fingerprint density at radius 2 is 2.19 bits per heavy atom. The summed E-state index contributed by atoms with van der Waals surface area (Å²) in [4.78, 5) is 11.4. The van der Waals surface area contributed by atoms with Crippen molar-refractivity contribution in [3.8, 4) is 0 Å². The van der Waals surface area contributed by atoms with Crippen LogP contribution in [0.2, 0.25) is 5.28 Å². The van der Waals surface area contributed by atoms with Crippen molar-refractivity contribution in [3.05, 3.63) is 29.3 Å². The summed E-state index contributed by atoms with van der Waals surface area (Å²) in [6.07, 6.45) is 1.60. The van der Waals surface area contributed by atoms with Crippen molar-refractivity contribution in [1.82, 2.24) is 25.1 Å². The molecule has 0 amide bonds. The van der Waals surface area contributed by atoms with E-state index in [2.05, 4.69) is 30.5 Å². The monoisotopic (exact) mass is 237 g/mol. The predicted octanol–water partition coefficient (Wildman–Crippen LogP) is 0.509. The number of nitrogen functional groups attached to an aromatic ring is 1. The third kappa shape index (κ3) is 2.74. The molecule has 0 saturated carbocycles. The van der Waals surface area contributed by atoms with Crippen LogP contribution < -0.4 is 11.1 Å². The summed E-state index contributed by atoms with van der Waals surface area (Å²) in [5.74, 6) is 0.379. The van der Waals surface area contributed by atoms with Crippen molar-refractivity contribution in [1.29, 1.82) is 0 Å². The molecule has 0 aliphatic heterocycles. The zero-order chi connectivity index (χ0) is 11.4. The minimum absolute atomic E-state index is 0.0501. The standard InChI is InChI=1S/C8H8ClN7/c9-6-13-7(10)15-8(14-6)11-4-5-2-1-3-12-16-5/h1-3H,4H2,(H3,10,11,13,14,15). The highest BCUT2D eigenvalue weighted by molar-refractivity contribution is 6.28. The molecule has 82 valence electrons. The average molecular weight is 238 g/mol. The zero-order valence-electron chi connectivity index (χ0n) is 8.13. The Labute approximate surface area is 96.1 Å². The minimum Gasteiger partial charge on any atom is -0.368 e. The second-order valence-electron chi connectivity index (χ2n) is 2.85. The normalized spacial score (nSPS) is 10.1. The summed E-state index contributed by atoms with van der Waals surface area (Å²) in [5, 5.41) is 10.6. The number of aromatic nitrogens is 5. The van der Waals surface area contributed by atoms with Crippen LogP contribution in [0.15, 0.2) is 18.3 Å². The van der Waals surface area contributed by atoms with Gasteiger partial charge in [0.2, 0.25) is 17.2 Å². The van der Waals surface area contributed by atoms with Crippen LogP contribution in [0.3, 0.4) is 0 Å². The lowest BCUT2D eigenvalue weighted by Crippen LogP contribution is -2.08. The minimum atomic E-state index is 0.0501. The largest absolute Gasteiger partial charge is 0.368 e. The Bertz CT molecular complexity index is 455. The Balaban J connectivity index is 2.05. The topological polar surface area (TPSA) is 102 Å². The highest BCUT2D eigenvalue weighted by Crippen LogP contribution is 2.07. The molecule has 8 heteroatoms. The molecule has 0 bridgehead atoms. The average Bonchev–Trinajstić information content (AvgIpc) is 2.27. The van der Waals surface area contributed by atoms with Crippen LogP contribution in [0.5, 0.6) is 0 Å². The number of hydrogen-bond acceptors (Lipinski definition) is 7. The first-order valence-corrected chi connectivity index (χ1v) is 4.79. The van der Waals surface area contributed by atoms with Crippen molar-refractivity contribution in [2.75, 3.05) is 11.1 Å². The van der Waals surface area contributed by atoms with Gasteiger partial charge in [-0.15, -0.1) is 0 Å². The number of rotatable bonds is 3. The Morgan fingerprint density at radius 3 is 2.88 bits per heavy atom. The van der Waals surface area contributed by atoms with Gasteiger partial charge in [0.15, 0.2) is 0 Å². The number of nitrogens with one attached hydrogen (secondary N) is 1.